The van der Waals surface area contributed by atoms with Crippen molar-refractivity contribution < 1.29 is 28.6 Å². The number of anilines is 1. The Kier molecular flexibility index (Phi) is 11.0. The maximum Gasteiger partial charge on any atom is 0.407 e. The van der Waals surface area contributed by atoms with Gasteiger partial charge in [0.2, 0.25) is 5.91 Å². The number of ether oxygens (including phenoxy) is 3. The van der Waals surface area contributed by atoms with Gasteiger partial charge in [-0.15, -0.1) is 6.58 Å². The van der Waals surface area contributed by atoms with Gasteiger partial charge in [0.1, 0.15) is 17.7 Å². The molecule has 1 heterocycles. The van der Waals surface area contributed by atoms with Crippen LogP contribution in [0.5, 0.6) is 0 Å². The first kappa shape index (κ1) is 33.6. The van der Waals surface area contributed by atoms with E-state index >= 15 is 0 Å². The molecule has 0 aromatic heterocycles. The van der Waals surface area contributed by atoms with Crippen LogP contribution in [-0.2, 0) is 29.4 Å². The predicted octanol–water partition coefficient (Wildman–Crippen LogP) is 5.66. The highest BCUT2D eigenvalue weighted by Crippen LogP contribution is 2.42. The van der Waals surface area contributed by atoms with Crippen molar-refractivity contribution in [3.8, 4) is 0 Å². The SMILES string of the molecule is C=CCCCCOC(=O)NC(C(=O)N1C[C@](OC)(c2ccc3cc(N(C)C)c(C=C)cc3c2)C[C@H]1C(=O)OC)C(C)(C)C. The summed E-state index contributed by atoms with van der Waals surface area (Å²) >= 11 is 0. The average Bonchev–Trinajstić information content (AvgIpc) is 3.38. The summed E-state index contributed by atoms with van der Waals surface area (Å²) in [4.78, 5) is 43.5. The molecular weight excluding hydrogens is 546 g/mol. The second-order valence-electron chi connectivity index (χ2n) is 12.3. The molecule has 9 heteroatoms. The zero-order valence-electron chi connectivity index (χ0n) is 26.7. The highest BCUT2D eigenvalue weighted by Gasteiger charge is 2.53. The third kappa shape index (κ3) is 7.57. The van der Waals surface area contributed by atoms with E-state index in [1.54, 1.807) is 7.11 Å². The van der Waals surface area contributed by atoms with Crippen molar-refractivity contribution in [2.75, 3.05) is 46.4 Å². The Balaban J connectivity index is 1.96. The highest BCUT2D eigenvalue weighted by molar-refractivity contribution is 5.92. The first-order chi connectivity index (χ1) is 20.3. The molecule has 2 aromatic carbocycles. The van der Waals surface area contributed by atoms with Crippen LogP contribution in [0.2, 0.25) is 0 Å². The van der Waals surface area contributed by atoms with E-state index in [1.807, 2.05) is 70.1 Å². The lowest BCUT2D eigenvalue weighted by Gasteiger charge is -2.35. The number of fused-ring (bicyclic) bond motifs is 1. The molecule has 234 valence electrons. The number of likely N-dealkylation sites (tertiary alicyclic amines) is 1. The predicted molar refractivity (Wildman–Crippen MR) is 171 cm³/mol. The largest absolute Gasteiger partial charge is 0.467 e. The second kappa shape index (κ2) is 14.1. The van der Waals surface area contributed by atoms with Crippen LogP contribution in [0.4, 0.5) is 10.5 Å². The van der Waals surface area contributed by atoms with Crippen molar-refractivity contribution in [2.45, 2.75) is 64.1 Å². The van der Waals surface area contributed by atoms with Gasteiger partial charge in [0.05, 0.1) is 20.3 Å². The molecule has 9 nitrogen and oxygen atoms in total. The first-order valence-corrected chi connectivity index (χ1v) is 14.7. The minimum Gasteiger partial charge on any atom is -0.467 e. The fraction of sp³-hybridized carbons (Fsp3) is 0.500. The fourth-order valence-electron chi connectivity index (χ4n) is 5.59. The van der Waals surface area contributed by atoms with Crippen molar-refractivity contribution in [1.82, 2.24) is 10.2 Å². The number of rotatable bonds is 12. The van der Waals surface area contributed by atoms with Crippen molar-refractivity contribution in [3.63, 3.8) is 0 Å². The van der Waals surface area contributed by atoms with Gasteiger partial charge < -0.3 is 29.3 Å². The second-order valence-corrected chi connectivity index (χ2v) is 12.3. The van der Waals surface area contributed by atoms with E-state index in [0.29, 0.717) is 6.42 Å². The van der Waals surface area contributed by atoms with E-state index in [9.17, 15) is 14.4 Å². The number of alkyl carbamates (subject to hydrolysis) is 1. The lowest BCUT2D eigenvalue weighted by molar-refractivity contribution is -0.152. The zero-order chi connectivity index (χ0) is 31.9. The van der Waals surface area contributed by atoms with Crippen LogP contribution in [0.25, 0.3) is 16.8 Å². The van der Waals surface area contributed by atoms with E-state index in [1.165, 1.54) is 12.0 Å². The summed E-state index contributed by atoms with van der Waals surface area (Å²) in [6.45, 7) is 13.6. The Morgan fingerprint density at radius 1 is 1.12 bits per heavy atom. The summed E-state index contributed by atoms with van der Waals surface area (Å²) in [6, 6.07) is 8.35. The zero-order valence-corrected chi connectivity index (χ0v) is 26.7. The molecule has 1 saturated heterocycles. The number of amides is 2. The van der Waals surface area contributed by atoms with E-state index in [2.05, 4.69) is 30.6 Å². The summed E-state index contributed by atoms with van der Waals surface area (Å²) in [7, 11) is 6.86. The molecule has 0 radical (unpaired) electrons. The molecule has 0 saturated carbocycles. The number of hydrogen-bond donors (Lipinski definition) is 1. The standard InChI is InChI=1S/C34H47N3O6/c1-10-12-13-14-17-43-32(40)35-29(33(3,4)5)30(38)37-22-34(42-9,21-28(37)31(39)41-8)26-16-15-24-20-27(36(6)7)23(11-2)18-25(24)19-26/h10-11,15-16,18-20,28-29H,1-2,12-14,17,21-22H2,3-9H3,(H,35,40)/t28-,29?,34-/m0/s1. The molecule has 3 rings (SSSR count). The van der Waals surface area contributed by atoms with Gasteiger partial charge in [0.25, 0.3) is 0 Å². The summed E-state index contributed by atoms with van der Waals surface area (Å²) in [6.07, 6.45) is 5.54. The first-order valence-electron chi connectivity index (χ1n) is 14.7. The molecule has 1 unspecified atom stereocenters. The number of allylic oxidation sites excluding steroid dienone is 1. The minimum absolute atomic E-state index is 0.0998. The summed E-state index contributed by atoms with van der Waals surface area (Å²) in [5.74, 6) is -0.953. The number of methoxy groups -OCH3 is 2. The van der Waals surface area contributed by atoms with Gasteiger partial charge in [-0.25, -0.2) is 9.59 Å². The van der Waals surface area contributed by atoms with Crippen molar-refractivity contribution in [2.24, 2.45) is 5.41 Å². The molecule has 0 aliphatic carbocycles. The summed E-state index contributed by atoms with van der Waals surface area (Å²) < 4.78 is 16.6. The number of nitrogens with one attached hydrogen (secondary N) is 1. The lowest BCUT2D eigenvalue weighted by Crippen LogP contribution is -2.57. The quantitative estimate of drug-likeness (QED) is 0.193. The monoisotopic (exact) mass is 593 g/mol. The highest BCUT2D eigenvalue weighted by atomic mass is 16.5. The van der Waals surface area contributed by atoms with Gasteiger partial charge in [-0.05, 0) is 64.8 Å². The third-order valence-corrected chi connectivity index (χ3v) is 8.10. The number of carbonyl (C=O) groups excluding carboxylic acids is 3. The van der Waals surface area contributed by atoms with Crippen LogP contribution in [0, 0.1) is 5.41 Å². The van der Waals surface area contributed by atoms with Crippen molar-refractivity contribution in [1.29, 1.82) is 0 Å². The Bertz CT molecular complexity index is 1350. The van der Waals surface area contributed by atoms with Crippen LogP contribution in [0.3, 0.4) is 0 Å². The number of nitrogens with zero attached hydrogens (tertiary/aromatic N) is 2. The molecule has 2 aromatic rings. The van der Waals surface area contributed by atoms with Crippen LogP contribution >= 0.6 is 0 Å². The van der Waals surface area contributed by atoms with E-state index < -0.39 is 41.1 Å². The minimum atomic E-state index is -0.981. The maximum atomic E-state index is 14.2. The Hall–Kier alpha value is -3.85. The fourth-order valence-corrected chi connectivity index (χ4v) is 5.59. The van der Waals surface area contributed by atoms with Crippen LogP contribution in [0.15, 0.2) is 49.6 Å². The topological polar surface area (TPSA) is 97.4 Å². The molecule has 2 amide bonds. The van der Waals surface area contributed by atoms with E-state index in [-0.39, 0.29) is 19.6 Å². The van der Waals surface area contributed by atoms with E-state index in [0.717, 1.165) is 40.4 Å². The molecule has 1 aliphatic rings. The van der Waals surface area contributed by atoms with Crippen molar-refractivity contribution >= 4 is 40.5 Å². The van der Waals surface area contributed by atoms with Crippen LogP contribution < -0.4 is 10.2 Å². The average molecular weight is 594 g/mol. The number of esters is 1. The molecule has 0 spiro atoms. The maximum absolute atomic E-state index is 14.2. The summed E-state index contributed by atoms with van der Waals surface area (Å²) in [5.41, 5.74) is 1.22. The van der Waals surface area contributed by atoms with E-state index in [4.69, 9.17) is 14.2 Å². The summed E-state index contributed by atoms with van der Waals surface area (Å²) in [5, 5.41) is 4.79. The number of hydrogen-bond acceptors (Lipinski definition) is 7. The Morgan fingerprint density at radius 3 is 2.42 bits per heavy atom. The van der Waals surface area contributed by atoms with Gasteiger partial charge in [0, 0.05) is 33.3 Å². The molecular formula is C34H47N3O6. The van der Waals surface area contributed by atoms with Gasteiger partial charge in [-0.3, -0.25) is 4.79 Å². The third-order valence-electron chi connectivity index (χ3n) is 8.10. The molecule has 0 bridgehead atoms. The van der Waals surface area contributed by atoms with Gasteiger partial charge in [-0.1, -0.05) is 51.6 Å². The van der Waals surface area contributed by atoms with Gasteiger partial charge >= 0.3 is 12.1 Å². The smallest absolute Gasteiger partial charge is 0.407 e. The van der Waals surface area contributed by atoms with Crippen molar-refractivity contribution in [3.05, 3.63) is 60.7 Å². The number of unbranched alkanes of at least 4 members (excludes halogenated alkanes) is 2. The molecule has 1 aliphatic heterocycles. The lowest BCUT2D eigenvalue weighted by atomic mass is 9.85. The van der Waals surface area contributed by atoms with Crippen LogP contribution in [0.1, 0.15) is 57.6 Å². The van der Waals surface area contributed by atoms with Crippen LogP contribution in [-0.4, -0.2) is 76.4 Å². The van der Waals surface area contributed by atoms with Gasteiger partial charge in [-0.2, -0.15) is 0 Å². The number of benzene rings is 2. The molecule has 1 fully saturated rings. The Labute approximate surface area is 255 Å². The molecule has 1 N–H and O–H groups in total. The van der Waals surface area contributed by atoms with Gasteiger partial charge in [0.15, 0.2) is 0 Å². The normalized spacial score (nSPS) is 19.0. The molecule has 3 atom stereocenters. The Morgan fingerprint density at radius 2 is 1.84 bits per heavy atom. The number of carbonyl (C=O) groups is 3. The molecule has 43 heavy (non-hydrogen) atoms.